The molecule has 4 rings (SSSR count). The molecule has 0 aliphatic carbocycles. The lowest BCUT2D eigenvalue weighted by Gasteiger charge is -2.40. The normalized spacial score (nSPS) is 26.3. The second-order valence-corrected chi connectivity index (χ2v) is 7.30. The van der Waals surface area contributed by atoms with Crippen LogP contribution in [0.25, 0.3) is 22.3 Å². The number of aromatic hydroxyl groups is 3. The Morgan fingerprint density at radius 1 is 0.903 bits per heavy atom. The molecule has 10 heteroatoms. The summed E-state index contributed by atoms with van der Waals surface area (Å²) in [5.41, 5.74) is -0.741. The number of phenolic OH excluding ortho intramolecular Hbond substituents is 3. The number of aliphatic hydroxyl groups excluding tert-OH is 4. The van der Waals surface area contributed by atoms with Crippen molar-refractivity contribution in [3.05, 3.63) is 52.2 Å². The number of phenols is 3. The molecule has 164 valence electrons. The van der Waals surface area contributed by atoms with E-state index in [4.69, 9.17) is 9.15 Å². The van der Waals surface area contributed by atoms with E-state index in [1.807, 2.05) is 0 Å². The minimum atomic E-state index is -1.77. The Balaban J connectivity index is 1.85. The molecule has 31 heavy (non-hydrogen) atoms. The molecule has 2 heterocycles. The summed E-state index contributed by atoms with van der Waals surface area (Å²) < 4.78 is 11.0. The quantitative estimate of drug-likeness (QED) is 0.300. The van der Waals surface area contributed by atoms with Gasteiger partial charge >= 0.3 is 0 Å². The Bertz CT molecular complexity index is 1170. The van der Waals surface area contributed by atoms with E-state index in [9.17, 15) is 40.5 Å². The summed E-state index contributed by atoms with van der Waals surface area (Å²) in [6, 6.07) is 8.00. The van der Waals surface area contributed by atoms with E-state index < -0.39 is 59.6 Å². The number of aliphatic hydroxyl groups is 4. The molecule has 0 saturated carbocycles. The highest BCUT2D eigenvalue weighted by molar-refractivity contribution is 5.88. The molecule has 1 aliphatic heterocycles. The van der Waals surface area contributed by atoms with Gasteiger partial charge in [-0.15, -0.1) is 0 Å². The van der Waals surface area contributed by atoms with E-state index in [0.717, 1.165) is 12.1 Å². The molecule has 10 nitrogen and oxygen atoms in total. The third-order valence-electron chi connectivity index (χ3n) is 5.34. The second-order valence-electron chi connectivity index (χ2n) is 7.30. The lowest BCUT2D eigenvalue weighted by Crippen LogP contribution is -2.55. The number of rotatable bonds is 3. The van der Waals surface area contributed by atoms with E-state index in [0.29, 0.717) is 5.56 Å². The third kappa shape index (κ3) is 3.50. The van der Waals surface area contributed by atoms with Crippen molar-refractivity contribution in [3.63, 3.8) is 0 Å². The Morgan fingerprint density at radius 2 is 1.58 bits per heavy atom. The van der Waals surface area contributed by atoms with E-state index in [2.05, 4.69) is 0 Å². The molecule has 0 amide bonds. The van der Waals surface area contributed by atoms with Crippen molar-refractivity contribution in [2.24, 2.45) is 0 Å². The van der Waals surface area contributed by atoms with Gasteiger partial charge in [0.2, 0.25) is 0 Å². The molecule has 0 bridgehead atoms. The van der Waals surface area contributed by atoms with Gasteiger partial charge in [0, 0.05) is 17.7 Å². The van der Waals surface area contributed by atoms with Crippen LogP contribution >= 0.6 is 0 Å². The third-order valence-corrected chi connectivity index (χ3v) is 5.34. The average Bonchev–Trinajstić information content (AvgIpc) is 2.73. The predicted molar refractivity (Wildman–Crippen MR) is 106 cm³/mol. The number of benzene rings is 2. The van der Waals surface area contributed by atoms with Crippen molar-refractivity contribution >= 4 is 11.0 Å². The van der Waals surface area contributed by atoms with Crippen LogP contribution in [0.5, 0.6) is 17.2 Å². The molecule has 2 unspecified atom stereocenters. The molecule has 1 aliphatic rings. The number of ether oxygens (including phenoxy) is 1. The van der Waals surface area contributed by atoms with Crippen LogP contribution in [0.1, 0.15) is 11.7 Å². The van der Waals surface area contributed by atoms with Crippen molar-refractivity contribution in [1.82, 2.24) is 0 Å². The van der Waals surface area contributed by atoms with Crippen molar-refractivity contribution in [2.75, 3.05) is 6.61 Å². The number of hydrogen-bond donors (Lipinski definition) is 7. The van der Waals surface area contributed by atoms with Crippen LogP contribution in [-0.2, 0) is 4.74 Å². The first kappa shape index (κ1) is 21.1. The monoisotopic (exact) mass is 432 g/mol. The molecule has 1 fully saturated rings. The lowest BCUT2D eigenvalue weighted by atomic mass is 9.89. The van der Waals surface area contributed by atoms with E-state index in [1.165, 1.54) is 24.3 Å². The molecular weight excluding hydrogens is 412 g/mol. The van der Waals surface area contributed by atoms with Crippen LogP contribution in [0.3, 0.4) is 0 Å². The fraction of sp³-hybridized carbons (Fsp3) is 0.286. The van der Waals surface area contributed by atoms with Crippen molar-refractivity contribution in [1.29, 1.82) is 0 Å². The summed E-state index contributed by atoms with van der Waals surface area (Å²) >= 11 is 0. The maximum atomic E-state index is 12.7. The maximum absolute atomic E-state index is 12.7. The Morgan fingerprint density at radius 3 is 2.23 bits per heavy atom. The van der Waals surface area contributed by atoms with Gasteiger partial charge in [-0.1, -0.05) is 0 Å². The summed E-state index contributed by atoms with van der Waals surface area (Å²) in [6.45, 7) is -0.700. The van der Waals surface area contributed by atoms with Gasteiger partial charge in [-0.2, -0.15) is 0 Å². The van der Waals surface area contributed by atoms with Gasteiger partial charge in [0.15, 0.2) is 5.43 Å². The standard InChI is InChI=1S/C21H20O10/c22-7-14-17(26)19(28)20(29)21(31-14)16-11(25)6-13-15(18(16)27)10(24)5-12(30-13)8-1-3-9(23)4-2-8/h1-6,14,17,19-23,25-29H,7H2/t14?,17-,19-,20?,21+/m1/s1. The molecule has 5 atom stereocenters. The average molecular weight is 432 g/mol. The smallest absolute Gasteiger partial charge is 0.197 e. The van der Waals surface area contributed by atoms with Gasteiger partial charge < -0.3 is 44.9 Å². The highest BCUT2D eigenvalue weighted by atomic mass is 16.5. The van der Waals surface area contributed by atoms with Crippen molar-refractivity contribution < 1.29 is 44.9 Å². The SMILES string of the molecule is O=c1cc(-c2ccc(O)cc2)oc2cc(O)c([C@@H]3OC(CO)[C@@H](O)[C@@H](O)C3O)c(O)c12. The minimum Gasteiger partial charge on any atom is -0.508 e. The van der Waals surface area contributed by atoms with Crippen molar-refractivity contribution in [2.45, 2.75) is 30.5 Å². The topological polar surface area (TPSA) is 181 Å². The predicted octanol–water partition coefficient (Wildman–Crippen LogP) is 0.0917. The van der Waals surface area contributed by atoms with Gasteiger partial charge in [0.1, 0.15) is 64.5 Å². The maximum Gasteiger partial charge on any atom is 0.197 e. The fourth-order valence-corrected chi connectivity index (χ4v) is 3.69. The molecule has 2 aromatic carbocycles. The first-order chi connectivity index (χ1) is 14.7. The number of fused-ring (bicyclic) bond motifs is 1. The summed E-state index contributed by atoms with van der Waals surface area (Å²) in [5, 5.41) is 70.0. The zero-order valence-electron chi connectivity index (χ0n) is 15.9. The molecule has 0 spiro atoms. The zero-order chi connectivity index (χ0) is 22.4. The Kier molecular flexibility index (Phi) is 5.33. The summed E-state index contributed by atoms with van der Waals surface area (Å²) in [7, 11) is 0. The van der Waals surface area contributed by atoms with E-state index >= 15 is 0 Å². The van der Waals surface area contributed by atoms with Crippen LogP contribution in [0.15, 0.2) is 45.6 Å². The molecule has 0 radical (unpaired) electrons. The molecule has 1 saturated heterocycles. The lowest BCUT2D eigenvalue weighted by molar-refractivity contribution is -0.232. The molecule has 3 aromatic rings. The highest BCUT2D eigenvalue weighted by Gasteiger charge is 2.46. The highest BCUT2D eigenvalue weighted by Crippen LogP contribution is 2.44. The van der Waals surface area contributed by atoms with Gasteiger partial charge in [-0.25, -0.2) is 0 Å². The van der Waals surface area contributed by atoms with Crippen LogP contribution in [0.4, 0.5) is 0 Å². The Hall–Kier alpha value is -3.15. The summed E-state index contributed by atoms with van der Waals surface area (Å²) in [6.07, 6.45) is -7.95. The largest absolute Gasteiger partial charge is 0.508 e. The van der Waals surface area contributed by atoms with Crippen LogP contribution < -0.4 is 5.43 Å². The molecular formula is C21H20O10. The zero-order valence-corrected chi connectivity index (χ0v) is 15.9. The number of hydrogen-bond acceptors (Lipinski definition) is 10. The van der Waals surface area contributed by atoms with Gasteiger partial charge in [-0.05, 0) is 24.3 Å². The van der Waals surface area contributed by atoms with Gasteiger partial charge in [-0.3, -0.25) is 4.79 Å². The van der Waals surface area contributed by atoms with Crippen LogP contribution in [0.2, 0.25) is 0 Å². The summed E-state index contributed by atoms with van der Waals surface area (Å²) in [5.74, 6) is -1.19. The molecule has 7 N–H and O–H groups in total. The summed E-state index contributed by atoms with van der Waals surface area (Å²) in [4.78, 5) is 12.7. The van der Waals surface area contributed by atoms with Crippen molar-refractivity contribution in [3.8, 4) is 28.6 Å². The fourth-order valence-electron chi connectivity index (χ4n) is 3.69. The second kappa shape index (κ2) is 7.84. The van der Waals surface area contributed by atoms with E-state index in [1.54, 1.807) is 0 Å². The van der Waals surface area contributed by atoms with Gasteiger partial charge in [0.05, 0.1) is 12.2 Å². The molecule has 1 aromatic heterocycles. The van der Waals surface area contributed by atoms with Gasteiger partial charge in [0.25, 0.3) is 0 Å². The first-order valence-electron chi connectivity index (χ1n) is 9.35. The first-order valence-corrected chi connectivity index (χ1v) is 9.35. The van der Waals surface area contributed by atoms with E-state index in [-0.39, 0.29) is 22.5 Å². The minimum absolute atomic E-state index is 0.0198. The Labute approximate surface area is 174 Å². The van der Waals surface area contributed by atoms with Crippen LogP contribution in [0, 0.1) is 0 Å². The van der Waals surface area contributed by atoms with Crippen LogP contribution in [-0.4, -0.2) is 66.8 Å².